The van der Waals surface area contributed by atoms with Gasteiger partial charge < -0.3 is 15.2 Å². The molecule has 5 rings (SSSR count). The number of aliphatic carboxylic acids is 1. The van der Waals surface area contributed by atoms with Crippen LogP contribution in [0.5, 0.6) is 5.75 Å². The number of benzene rings is 1. The molecule has 3 saturated carbocycles. The van der Waals surface area contributed by atoms with E-state index >= 15 is 0 Å². The molecule has 0 spiro atoms. The predicted molar refractivity (Wildman–Crippen MR) is 184 cm³/mol. The van der Waals surface area contributed by atoms with Gasteiger partial charge in [-0.15, -0.1) is 0 Å². The molecule has 48 heavy (non-hydrogen) atoms. The fourth-order valence-electron chi connectivity index (χ4n) is 10.6. The second kappa shape index (κ2) is 13.9. The van der Waals surface area contributed by atoms with E-state index in [9.17, 15) is 27.7 Å². The maximum Gasteiger partial charge on any atom is 0.397 e. The zero-order valence-corrected chi connectivity index (χ0v) is 30.3. The van der Waals surface area contributed by atoms with Gasteiger partial charge in [-0.25, -0.2) is 8.98 Å². The topological polar surface area (TPSA) is 139 Å². The summed E-state index contributed by atoms with van der Waals surface area (Å²) in [6, 6.07) is 5.47. The summed E-state index contributed by atoms with van der Waals surface area (Å²) in [4.78, 5) is 25.2. The van der Waals surface area contributed by atoms with Crippen molar-refractivity contribution in [2.45, 2.75) is 111 Å². The van der Waals surface area contributed by atoms with Gasteiger partial charge in [-0.3, -0.25) is 9.35 Å². The Hall–Kier alpha value is -2.69. The highest BCUT2D eigenvalue weighted by Gasteiger charge is 2.57. The average Bonchev–Trinajstić information content (AvgIpc) is 3.40. The van der Waals surface area contributed by atoms with Crippen molar-refractivity contribution in [1.82, 2.24) is 5.32 Å². The molecule has 0 radical (unpaired) electrons. The van der Waals surface area contributed by atoms with Crippen LogP contribution in [0.4, 0.5) is 0 Å². The van der Waals surface area contributed by atoms with E-state index in [4.69, 9.17) is 8.92 Å². The van der Waals surface area contributed by atoms with Crippen molar-refractivity contribution in [2.24, 2.45) is 46.3 Å². The molecular formula is C38H55NO8S. The van der Waals surface area contributed by atoms with E-state index < -0.39 is 34.4 Å². The number of carbonyl (C=O) groups excluding carboxylic acids is 1. The van der Waals surface area contributed by atoms with Crippen molar-refractivity contribution in [3.05, 3.63) is 53.1 Å². The van der Waals surface area contributed by atoms with Gasteiger partial charge in [0.15, 0.2) is 6.04 Å². The minimum Gasteiger partial charge on any atom is -0.497 e. The minimum atomic E-state index is -4.47. The summed E-state index contributed by atoms with van der Waals surface area (Å²) in [5.74, 6) is 0.925. The maximum atomic E-state index is 13.1. The number of carboxylic acid groups (broad SMARTS) is 1. The predicted octanol–water partition coefficient (Wildman–Crippen LogP) is 7.70. The summed E-state index contributed by atoms with van der Waals surface area (Å²) in [6.45, 7) is 15.4. The van der Waals surface area contributed by atoms with E-state index in [1.807, 2.05) is 6.92 Å². The summed E-state index contributed by atoms with van der Waals surface area (Å²) in [5, 5.41) is 12.5. The Morgan fingerprint density at radius 2 is 1.73 bits per heavy atom. The van der Waals surface area contributed by atoms with Gasteiger partial charge in [0, 0.05) is 5.57 Å². The van der Waals surface area contributed by atoms with Crippen LogP contribution in [0.1, 0.15) is 110 Å². The van der Waals surface area contributed by atoms with E-state index in [1.165, 1.54) is 6.42 Å². The molecule has 0 saturated heterocycles. The van der Waals surface area contributed by atoms with E-state index in [2.05, 4.69) is 39.6 Å². The van der Waals surface area contributed by atoms with Gasteiger partial charge in [0.2, 0.25) is 5.91 Å². The van der Waals surface area contributed by atoms with E-state index in [0.29, 0.717) is 47.0 Å². The van der Waals surface area contributed by atoms with E-state index in [1.54, 1.807) is 42.5 Å². The van der Waals surface area contributed by atoms with Gasteiger partial charge in [-0.2, -0.15) is 8.42 Å². The number of methoxy groups -OCH3 is 1. The number of allylic oxidation sites excluding steroid dienone is 2. The molecule has 1 amide bonds. The van der Waals surface area contributed by atoms with Crippen molar-refractivity contribution in [3.8, 4) is 5.75 Å². The number of amides is 1. The van der Waals surface area contributed by atoms with Crippen LogP contribution in [0.25, 0.3) is 0 Å². The largest absolute Gasteiger partial charge is 0.497 e. The highest BCUT2D eigenvalue weighted by Crippen LogP contribution is 2.66. The first kappa shape index (κ1) is 36.6. The molecule has 266 valence electrons. The number of rotatable bonds is 12. The highest BCUT2D eigenvalue weighted by molar-refractivity contribution is 7.80. The van der Waals surface area contributed by atoms with Crippen LogP contribution in [-0.4, -0.2) is 43.2 Å². The summed E-state index contributed by atoms with van der Waals surface area (Å²) in [5.41, 5.74) is 4.48. The summed E-state index contributed by atoms with van der Waals surface area (Å²) >= 11 is 0. The third kappa shape index (κ3) is 6.99. The zero-order chi connectivity index (χ0) is 35.2. The minimum absolute atomic E-state index is 0.0677. The third-order valence-electron chi connectivity index (χ3n) is 13.4. The SMILES string of the molecule is C=C(C(=O)NC(C(=O)O)c1ccc(OC)cc1)C(C)CC[C@@H](C)[C@H]1CCC2=C3CCC4[C@H](C)[C@@H](OS(=O)(=O)O)CC[C@]4(C)C3CC[C@@]21C. The Bertz CT molecular complexity index is 1540. The molecule has 0 bridgehead atoms. The maximum absolute atomic E-state index is 13.1. The molecule has 9 nitrogen and oxygen atoms in total. The standard InChI is InChI=1S/C38H55NO8S/c1-22(24(3)35(40)39-34(36(41)42)26-10-12-27(46-7)13-11-26)8-9-23(2)29-16-17-31-28-14-15-30-25(4)33(47-48(43,44)45)19-21-38(30,6)32(28)18-20-37(29,31)5/h10-13,22-23,25,29-30,32-34H,3,8-9,14-21H2,1-2,4-7H3,(H,39,40)(H,41,42)(H,43,44,45)/t22?,23-,25+,29-,30?,32?,33+,34?,37-,38+/m1/s1. The number of carboxylic acids is 1. The van der Waals surface area contributed by atoms with Crippen LogP contribution in [-0.2, 0) is 24.2 Å². The Morgan fingerprint density at radius 3 is 2.35 bits per heavy atom. The number of hydrogen-bond acceptors (Lipinski definition) is 6. The highest BCUT2D eigenvalue weighted by atomic mass is 32.3. The molecule has 0 aliphatic heterocycles. The smallest absolute Gasteiger partial charge is 0.397 e. The lowest BCUT2D eigenvalue weighted by atomic mass is 9.47. The van der Waals surface area contributed by atoms with Crippen LogP contribution in [0.2, 0.25) is 0 Å². The van der Waals surface area contributed by atoms with Crippen LogP contribution in [0, 0.1) is 46.3 Å². The van der Waals surface area contributed by atoms with E-state index in [0.717, 1.165) is 51.4 Å². The fraction of sp³-hybridized carbons (Fsp3) is 0.684. The first-order chi connectivity index (χ1) is 22.5. The molecule has 4 aliphatic carbocycles. The molecule has 1 aromatic rings. The molecular weight excluding hydrogens is 630 g/mol. The van der Waals surface area contributed by atoms with Gasteiger partial charge in [-0.1, -0.05) is 64.5 Å². The second-order valence-electron chi connectivity index (χ2n) is 15.8. The van der Waals surface area contributed by atoms with Crippen LogP contribution >= 0.6 is 0 Å². The Kier molecular flexibility index (Phi) is 10.6. The van der Waals surface area contributed by atoms with Crippen molar-refractivity contribution in [2.75, 3.05) is 7.11 Å². The zero-order valence-electron chi connectivity index (χ0n) is 29.5. The molecule has 10 atom stereocenters. The van der Waals surface area contributed by atoms with Crippen LogP contribution < -0.4 is 10.1 Å². The van der Waals surface area contributed by atoms with Crippen molar-refractivity contribution in [3.63, 3.8) is 0 Å². The lowest BCUT2D eigenvalue weighted by Crippen LogP contribution is -2.52. The quantitative estimate of drug-likeness (QED) is 0.116. The average molecular weight is 686 g/mol. The molecule has 3 fully saturated rings. The Balaban J connectivity index is 1.21. The third-order valence-corrected chi connectivity index (χ3v) is 13.9. The number of fused-ring (bicyclic) bond motifs is 4. The second-order valence-corrected chi connectivity index (χ2v) is 16.8. The Morgan fingerprint density at radius 1 is 1.04 bits per heavy atom. The van der Waals surface area contributed by atoms with Gasteiger partial charge in [0.25, 0.3) is 0 Å². The van der Waals surface area contributed by atoms with Crippen LogP contribution in [0.15, 0.2) is 47.6 Å². The molecule has 0 aromatic heterocycles. The Labute approximate surface area is 286 Å². The first-order valence-corrected chi connectivity index (χ1v) is 19.1. The van der Waals surface area contributed by atoms with Gasteiger partial charge in [-0.05, 0) is 128 Å². The molecule has 3 N–H and O–H groups in total. The molecule has 4 aliphatic rings. The number of hydrogen-bond donors (Lipinski definition) is 3. The number of carbonyl (C=O) groups is 2. The normalized spacial score (nSPS) is 33.4. The molecule has 4 unspecified atom stereocenters. The number of ether oxygens (including phenoxy) is 1. The van der Waals surface area contributed by atoms with Crippen molar-refractivity contribution in [1.29, 1.82) is 0 Å². The van der Waals surface area contributed by atoms with Crippen LogP contribution in [0.3, 0.4) is 0 Å². The number of nitrogens with one attached hydrogen (secondary N) is 1. The van der Waals surface area contributed by atoms with Crippen molar-refractivity contribution < 1.29 is 36.6 Å². The van der Waals surface area contributed by atoms with Crippen molar-refractivity contribution >= 4 is 22.3 Å². The first-order valence-electron chi connectivity index (χ1n) is 17.7. The van der Waals surface area contributed by atoms with Gasteiger partial charge in [0.1, 0.15) is 5.75 Å². The van der Waals surface area contributed by atoms with Gasteiger partial charge >= 0.3 is 16.4 Å². The molecule has 1 aromatic carbocycles. The lowest BCUT2D eigenvalue weighted by molar-refractivity contribution is -0.141. The van der Waals surface area contributed by atoms with Gasteiger partial charge in [0.05, 0.1) is 13.2 Å². The molecule has 10 heteroatoms. The summed E-state index contributed by atoms with van der Waals surface area (Å²) < 4.78 is 42.7. The molecule has 0 heterocycles. The summed E-state index contributed by atoms with van der Waals surface area (Å²) in [7, 11) is -2.93. The lowest BCUT2D eigenvalue weighted by Gasteiger charge is -2.58. The fourth-order valence-corrected chi connectivity index (χ4v) is 11.2. The summed E-state index contributed by atoms with van der Waals surface area (Å²) in [6.07, 6.45) is 9.54. The monoisotopic (exact) mass is 685 g/mol. The van der Waals surface area contributed by atoms with E-state index in [-0.39, 0.29) is 22.7 Å².